The first-order valence-corrected chi connectivity index (χ1v) is 4.50. The van der Waals surface area contributed by atoms with Gasteiger partial charge in [-0.2, -0.15) is 0 Å². The van der Waals surface area contributed by atoms with Crippen LogP contribution in [0.3, 0.4) is 0 Å². The van der Waals surface area contributed by atoms with Crippen molar-refractivity contribution in [2.45, 2.75) is 6.92 Å². The maximum Gasteiger partial charge on any atom is 0.0415 e. The fraction of sp³-hybridized carbons (Fsp3) is 0.0909. The molecule has 2 heteroatoms. The van der Waals surface area contributed by atoms with E-state index in [9.17, 15) is 0 Å². The smallest absolute Gasteiger partial charge is 0.0415 e. The molecule has 0 amide bonds. The van der Waals surface area contributed by atoms with Gasteiger partial charge in [0.15, 0.2) is 0 Å². The van der Waals surface area contributed by atoms with E-state index in [4.69, 9.17) is 17.3 Å². The molecule has 0 aliphatic rings. The van der Waals surface area contributed by atoms with Crippen molar-refractivity contribution in [2.75, 3.05) is 5.73 Å². The van der Waals surface area contributed by atoms with Gasteiger partial charge in [-0.3, -0.25) is 0 Å². The lowest BCUT2D eigenvalue weighted by atomic mass is 10.0. The molecule has 2 rings (SSSR count). The lowest BCUT2D eigenvalue weighted by Gasteiger charge is -2.05. The third kappa shape index (κ3) is 1.36. The summed E-state index contributed by atoms with van der Waals surface area (Å²) in [6.45, 7) is 2.04. The summed E-state index contributed by atoms with van der Waals surface area (Å²) in [6.07, 6.45) is 0. The van der Waals surface area contributed by atoms with Crippen LogP contribution in [-0.2, 0) is 0 Å². The van der Waals surface area contributed by atoms with Gasteiger partial charge >= 0.3 is 0 Å². The largest absolute Gasteiger partial charge is 0.398 e. The number of nitrogens with two attached hydrogens (primary N) is 1. The Kier molecular flexibility index (Phi) is 1.89. The van der Waals surface area contributed by atoms with Crippen LogP contribution < -0.4 is 5.73 Å². The van der Waals surface area contributed by atoms with Crippen molar-refractivity contribution in [3.63, 3.8) is 0 Å². The molecule has 0 aliphatic carbocycles. The fourth-order valence-electron chi connectivity index (χ4n) is 1.55. The van der Waals surface area contributed by atoms with Crippen LogP contribution in [0.1, 0.15) is 5.56 Å². The maximum absolute atomic E-state index is 5.94. The van der Waals surface area contributed by atoms with E-state index in [1.807, 2.05) is 31.2 Å². The number of anilines is 1. The Bertz CT molecular complexity index is 463. The Morgan fingerprint density at radius 2 is 1.92 bits per heavy atom. The molecule has 0 unspecified atom stereocenters. The van der Waals surface area contributed by atoms with E-state index in [-0.39, 0.29) is 0 Å². The number of benzene rings is 2. The van der Waals surface area contributed by atoms with Crippen LogP contribution in [0.25, 0.3) is 10.8 Å². The highest BCUT2D eigenvalue weighted by atomic mass is 35.5. The average molecular weight is 192 g/mol. The van der Waals surface area contributed by atoms with Gasteiger partial charge in [0, 0.05) is 16.1 Å². The average Bonchev–Trinajstić information content (AvgIpc) is 2.07. The maximum atomic E-state index is 5.94. The van der Waals surface area contributed by atoms with E-state index in [0.29, 0.717) is 0 Å². The molecule has 2 aromatic carbocycles. The minimum absolute atomic E-state index is 0.739. The minimum Gasteiger partial charge on any atom is -0.398 e. The quantitative estimate of drug-likeness (QED) is 0.635. The van der Waals surface area contributed by atoms with E-state index in [1.54, 1.807) is 0 Å². The second kappa shape index (κ2) is 2.93. The highest BCUT2D eigenvalue weighted by molar-refractivity contribution is 6.31. The molecule has 0 heterocycles. The highest BCUT2D eigenvalue weighted by Crippen LogP contribution is 2.27. The fourth-order valence-corrected chi connectivity index (χ4v) is 1.82. The first kappa shape index (κ1) is 8.39. The normalized spacial score (nSPS) is 10.6. The van der Waals surface area contributed by atoms with Crippen molar-refractivity contribution in [1.82, 2.24) is 0 Å². The zero-order valence-electron chi connectivity index (χ0n) is 7.34. The summed E-state index contributed by atoms with van der Waals surface area (Å²) in [7, 11) is 0. The van der Waals surface area contributed by atoms with Crippen LogP contribution >= 0.6 is 11.6 Å². The van der Waals surface area contributed by atoms with Crippen molar-refractivity contribution in [1.29, 1.82) is 0 Å². The van der Waals surface area contributed by atoms with Gasteiger partial charge in [0.1, 0.15) is 0 Å². The molecule has 66 valence electrons. The first-order valence-electron chi connectivity index (χ1n) is 4.13. The molecule has 0 atom stereocenters. The van der Waals surface area contributed by atoms with E-state index in [0.717, 1.165) is 21.7 Å². The zero-order valence-corrected chi connectivity index (χ0v) is 8.10. The summed E-state index contributed by atoms with van der Waals surface area (Å²) in [5.74, 6) is 0. The number of nitrogen functional groups attached to an aromatic ring is 1. The van der Waals surface area contributed by atoms with Gasteiger partial charge in [-0.05, 0) is 36.1 Å². The summed E-state index contributed by atoms with van der Waals surface area (Å²) in [6, 6.07) is 9.75. The molecule has 0 spiro atoms. The number of hydrogen-bond acceptors (Lipinski definition) is 1. The van der Waals surface area contributed by atoms with E-state index < -0.39 is 0 Å². The second-order valence-electron chi connectivity index (χ2n) is 3.17. The van der Waals surface area contributed by atoms with Gasteiger partial charge in [-0.15, -0.1) is 0 Å². The van der Waals surface area contributed by atoms with Crippen LogP contribution in [0.2, 0.25) is 5.02 Å². The minimum atomic E-state index is 0.739. The second-order valence-corrected chi connectivity index (χ2v) is 3.60. The molecule has 2 N–H and O–H groups in total. The molecule has 0 aromatic heterocycles. The summed E-state index contributed by atoms with van der Waals surface area (Å²) in [4.78, 5) is 0. The van der Waals surface area contributed by atoms with Crippen LogP contribution in [0, 0.1) is 6.92 Å². The van der Waals surface area contributed by atoms with Crippen LogP contribution in [0.4, 0.5) is 5.69 Å². The molecule has 0 bridgehead atoms. The number of halogens is 1. The van der Waals surface area contributed by atoms with Crippen molar-refractivity contribution < 1.29 is 0 Å². The number of aryl methyl sites for hydroxylation is 1. The van der Waals surface area contributed by atoms with E-state index in [2.05, 4.69) is 6.07 Å². The summed E-state index contributed by atoms with van der Waals surface area (Å²) in [5, 5.41) is 2.94. The molecular weight excluding hydrogens is 182 g/mol. The predicted octanol–water partition coefficient (Wildman–Crippen LogP) is 3.38. The van der Waals surface area contributed by atoms with Gasteiger partial charge in [0.2, 0.25) is 0 Å². The van der Waals surface area contributed by atoms with Gasteiger partial charge in [0.05, 0.1) is 0 Å². The van der Waals surface area contributed by atoms with Gasteiger partial charge in [-0.1, -0.05) is 23.7 Å². The number of rotatable bonds is 0. The van der Waals surface area contributed by atoms with Crippen molar-refractivity contribution in [2.24, 2.45) is 0 Å². The topological polar surface area (TPSA) is 26.0 Å². The first-order chi connectivity index (χ1) is 6.18. The molecular formula is C11H10ClN. The number of hydrogen-bond donors (Lipinski definition) is 1. The summed E-state index contributed by atoms with van der Waals surface area (Å²) >= 11 is 5.94. The standard InChI is InChI=1S/C11H10ClN/c1-7-5-8(12)6-10-9(7)3-2-4-11(10)13/h2-6H,13H2,1H3. The predicted molar refractivity (Wildman–Crippen MR) is 58.1 cm³/mol. The Morgan fingerprint density at radius 3 is 2.69 bits per heavy atom. The Morgan fingerprint density at radius 1 is 1.15 bits per heavy atom. The molecule has 0 saturated heterocycles. The van der Waals surface area contributed by atoms with Gasteiger partial charge < -0.3 is 5.73 Å². The van der Waals surface area contributed by atoms with Crippen LogP contribution in [0.15, 0.2) is 30.3 Å². The molecule has 2 aromatic rings. The molecule has 0 aliphatic heterocycles. The lowest BCUT2D eigenvalue weighted by Crippen LogP contribution is -1.87. The van der Waals surface area contributed by atoms with Gasteiger partial charge in [-0.25, -0.2) is 0 Å². The third-order valence-electron chi connectivity index (χ3n) is 2.20. The Hall–Kier alpha value is -1.21. The molecule has 0 fully saturated rings. The van der Waals surface area contributed by atoms with Crippen molar-refractivity contribution in [3.8, 4) is 0 Å². The van der Waals surface area contributed by atoms with Crippen molar-refractivity contribution >= 4 is 28.1 Å². The molecule has 13 heavy (non-hydrogen) atoms. The third-order valence-corrected chi connectivity index (χ3v) is 2.42. The van der Waals surface area contributed by atoms with Crippen molar-refractivity contribution in [3.05, 3.63) is 40.9 Å². The number of fused-ring (bicyclic) bond motifs is 1. The zero-order chi connectivity index (χ0) is 9.42. The molecule has 0 radical (unpaired) electrons. The lowest BCUT2D eigenvalue weighted by molar-refractivity contribution is 1.53. The van der Waals surface area contributed by atoms with E-state index in [1.165, 1.54) is 5.39 Å². The SMILES string of the molecule is Cc1cc(Cl)cc2c(N)cccc12. The van der Waals surface area contributed by atoms with E-state index >= 15 is 0 Å². The summed E-state index contributed by atoms with van der Waals surface area (Å²) < 4.78 is 0. The Labute approximate surface area is 82.1 Å². The molecule has 1 nitrogen and oxygen atoms in total. The van der Waals surface area contributed by atoms with Crippen LogP contribution in [0.5, 0.6) is 0 Å². The monoisotopic (exact) mass is 191 g/mol. The van der Waals surface area contributed by atoms with Crippen LogP contribution in [-0.4, -0.2) is 0 Å². The summed E-state index contributed by atoms with van der Waals surface area (Å²) in [5.41, 5.74) is 7.78. The Balaban J connectivity index is 2.94. The van der Waals surface area contributed by atoms with Gasteiger partial charge in [0.25, 0.3) is 0 Å². The molecule has 0 saturated carbocycles. The highest BCUT2D eigenvalue weighted by Gasteiger charge is 2.01.